The van der Waals surface area contributed by atoms with Crippen LogP contribution in [-0.2, 0) is 11.3 Å². The summed E-state index contributed by atoms with van der Waals surface area (Å²) in [7, 11) is 0. The summed E-state index contributed by atoms with van der Waals surface area (Å²) in [5.41, 5.74) is 1.27. The van der Waals surface area contributed by atoms with Gasteiger partial charge in [0.1, 0.15) is 5.82 Å². The number of halogens is 2. The molecule has 3 rings (SSSR count). The fourth-order valence-corrected chi connectivity index (χ4v) is 3.05. The third kappa shape index (κ3) is 5.32. The Hall–Kier alpha value is -1.83. The van der Waals surface area contributed by atoms with Gasteiger partial charge in [0.2, 0.25) is 5.91 Å². The Morgan fingerprint density at radius 3 is 2.48 bits per heavy atom. The van der Waals surface area contributed by atoms with Crippen LogP contribution in [0.2, 0.25) is 0 Å². The number of benzene rings is 1. The normalized spacial score (nSPS) is 15.9. The highest BCUT2D eigenvalue weighted by Gasteiger charge is 2.20. The number of pyridine rings is 1. The van der Waals surface area contributed by atoms with E-state index in [1.54, 1.807) is 12.3 Å². The van der Waals surface area contributed by atoms with E-state index in [1.165, 1.54) is 6.07 Å². The first-order valence-electron chi connectivity index (χ1n) is 8.20. The van der Waals surface area contributed by atoms with Crippen molar-refractivity contribution in [1.82, 2.24) is 14.8 Å². The van der Waals surface area contributed by atoms with E-state index < -0.39 is 0 Å². The van der Waals surface area contributed by atoms with Gasteiger partial charge < -0.3 is 5.32 Å². The maximum absolute atomic E-state index is 13.7. The Morgan fingerprint density at radius 2 is 1.80 bits per heavy atom. The Balaban J connectivity index is 1.43. The van der Waals surface area contributed by atoms with Crippen molar-refractivity contribution in [3.63, 3.8) is 0 Å². The molecule has 0 aliphatic carbocycles. The summed E-state index contributed by atoms with van der Waals surface area (Å²) in [4.78, 5) is 20.5. The molecule has 1 aliphatic rings. The van der Waals surface area contributed by atoms with Crippen LogP contribution in [0.5, 0.6) is 0 Å². The van der Waals surface area contributed by atoms with Crippen LogP contribution >= 0.6 is 15.9 Å². The largest absolute Gasteiger partial charge is 0.325 e. The van der Waals surface area contributed by atoms with Gasteiger partial charge in [0.15, 0.2) is 0 Å². The number of piperazine rings is 1. The molecule has 132 valence electrons. The molecule has 1 fully saturated rings. The van der Waals surface area contributed by atoms with E-state index in [2.05, 4.69) is 36.0 Å². The third-order valence-corrected chi connectivity index (χ3v) is 4.70. The molecule has 0 atom stereocenters. The van der Waals surface area contributed by atoms with E-state index in [9.17, 15) is 9.18 Å². The van der Waals surface area contributed by atoms with Crippen molar-refractivity contribution in [3.8, 4) is 0 Å². The average Bonchev–Trinajstić information content (AvgIpc) is 2.61. The quantitative estimate of drug-likeness (QED) is 0.828. The van der Waals surface area contributed by atoms with E-state index in [4.69, 9.17) is 0 Å². The van der Waals surface area contributed by atoms with Crippen molar-refractivity contribution >= 4 is 27.5 Å². The first-order valence-corrected chi connectivity index (χ1v) is 8.99. The second kappa shape index (κ2) is 8.51. The lowest BCUT2D eigenvalue weighted by Gasteiger charge is -2.34. The van der Waals surface area contributed by atoms with Crippen LogP contribution in [0, 0.1) is 5.82 Å². The molecule has 2 heterocycles. The number of aromatic nitrogens is 1. The summed E-state index contributed by atoms with van der Waals surface area (Å²) in [6, 6.07) is 10.5. The smallest absolute Gasteiger partial charge is 0.238 e. The van der Waals surface area contributed by atoms with Crippen LogP contribution in [-0.4, -0.2) is 53.4 Å². The summed E-state index contributed by atoms with van der Waals surface area (Å²) >= 11 is 3.37. The summed E-state index contributed by atoms with van der Waals surface area (Å²) in [5, 5.41) is 2.90. The molecule has 25 heavy (non-hydrogen) atoms. The molecule has 0 unspecified atom stereocenters. The monoisotopic (exact) mass is 406 g/mol. The van der Waals surface area contributed by atoms with Gasteiger partial charge in [0.25, 0.3) is 0 Å². The van der Waals surface area contributed by atoms with Crippen LogP contribution in [0.4, 0.5) is 10.1 Å². The molecular formula is C18H20BrFN4O. The van der Waals surface area contributed by atoms with Gasteiger partial charge in [-0.1, -0.05) is 15.9 Å². The van der Waals surface area contributed by atoms with Crippen LogP contribution in [0.15, 0.2) is 47.1 Å². The van der Waals surface area contributed by atoms with Gasteiger partial charge in [-0.15, -0.1) is 0 Å². The zero-order valence-corrected chi connectivity index (χ0v) is 15.4. The van der Waals surface area contributed by atoms with Gasteiger partial charge in [-0.2, -0.15) is 0 Å². The predicted molar refractivity (Wildman–Crippen MR) is 98.7 cm³/mol. The van der Waals surface area contributed by atoms with Gasteiger partial charge in [-0.25, -0.2) is 4.39 Å². The van der Waals surface area contributed by atoms with Gasteiger partial charge in [0, 0.05) is 49.1 Å². The highest BCUT2D eigenvalue weighted by molar-refractivity contribution is 9.10. The van der Waals surface area contributed by atoms with E-state index >= 15 is 0 Å². The van der Waals surface area contributed by atoms with Crippen LogP contribution in [0.25, 0.3) is 0 Å². The Kier molecular flexibility index (Phi) is 6.12. The van der Waals surface area contributed by atoms with Gasteiger partial charge in [0.05, 0.1) is 12.2 Å². The highest BCUT2D eigenvalue weighted by atomic mass is 79.9. The molecule has 2 aromatic rings. The summed E-state index contributed by atoms with van der Waals surface area (Å²) in [5.74, 6) is -0.287. The standard InChI is InChI=1S/C18H20BrFN4O/c19-14-3-5-15(6-4-14)22-18(25)13-24-10-8-23(9-11-24)12-17-16(20)2-1-7-21-17/h1-7H,8-13H2,(H,22,25). The number of carbonyl (C=O) groups excluding carboxylic acids is 1. The minimum atomic E-state index is -0.265. The van der Waals surface area contributed by atoms with Crippen molar-refractivity contribution in [3.05, 3.63) is 58.6 Å². The molecule has 1 amide bonds. The molecule has 0 bridgehead atoms. The maximum Gasteiger partial charge on any atom is 0.238 e. The number of hydrogen-bond acceptors (Lipinski definition) is 4. The third-order valence-electron chi connectivity index (χ3n) is 4.17. The minimum Gasteiger partial charge on any atom is -0.325 e. The lowest BCUT2D eigenvalue weighted by Crippen LogP contribution is -2.48. The minimum absolute atomic E-state index is 0.0217. The lowest BCUT2D eigenvalue weighted by atomic mass is 10.2. The maximum atomic E-state index is 13.7. The van der Waals surface area contributed by atoms with Crippen molar-refractivity contribution in [2.45, 2.75) is 6.54 Å². The molecule has 1 aromatic heterocycles. The molecule has 0 radical (unpaired) electrons. The fraction of sp³-hybridized carbons (Fsp3) is 0.333. The number of carbonyl (C=O) groups is 1. The van der Waals surface area contributed by atoms with Crippen molar-refractivity contribution < 1.29 is 9.18 Å². The van der Waals surface area contributed by atoms with Crippen LogP contribution in [0.3, 0.4) is 0 Å². The number of nitrogens with one attached hydrogen (secondary N) is 1. The lowest BCUT2D eigenvalue weighted by molar-refractivity contribution is -0.117. The molecule has 5 nitrogen and oxygen atoms in total. The molecule has 1 saturated heterocycles. The van der Waals surface area contributed by atoms with E-state index in [0.717, 1.165) is 36.3 Å². The van der Waals surface area contributed by atoms with E-state index in [1.807, 2.05) is 24.3 Å². The molecule has 1 N–H and O–H groups in total. The molecule has 1 aliphatic heterocycles. The van der Waals surface area contributed by atoms with E-state index in [0.29, 0.717) is 18.8 Å². The SMILES string of the molecule is O=C(CN1CCN(Cc2ncccc2F)CC1)Nc1ccc(Br)cc1. The first-order chi connectivity index (χ1) is 12.1. The number of nitrogens with zero attached hydrogens (tertiary/aromatic N) is 3. The number of anilines is 1. The molecule has 0 saturated carbocycles. The van der Waals surface area contributed by atoms with Crippen LogP contribution in [0.1, 0.15) is 5.69 Å². The van der Waals surface area contributed by atoms with Gasteiger partial charge in [-0.05, 0) is 36.4 Å². The zero-order valence-electron chi connectivity index (χ0n) is 13.8. The first kappa shape index (κ1) is 18.0. The van der Waals surface area contributed by atoms with Crippen molar-refractivity contribution in [2.24, 2.45) is 0 Å². The second-order valence-electron chi connectivity index (χ2n) is 6.04. The fourth-order valence-electron chi connectivity index (χ4n) is 2.79. The predicted octanol–water partition coefficient (Wildman–Crippen LogP) is 2.74. The topological polar surface area (TPSA) is 48.5 Å². The molecular weight excluding hydrogens is 387 g/mol. The molecule has 0 spiro atoms. The number of amides is 1. The average molecular weight is 407 g/mol. The zero-order chi connectivity index (χ0) is 17.6. The summed E-state index contributed by atoms with van der Waals surface area (Å²) in [6.45, 7) is 4.01. The second-order valence-corrected chi connectivity index (χ2v) is 6.95. The molecule has 7 heteroatoms. The Labute approximate surface area is 155 Å². The van der Waals surface area contributed by atoms with E-state index in [-0.39, 0.29) is 11.7 Å². The highest BCUT2D eigenvalue weighted by Crippen LogP contribution is 2.14. The number of hydrogen-bond donors (Lipinski definition) is 1. The Bertz CT molecular complexity index is 717. The van der Waals surface area contributed by atoms with Crippen LogP contribution < -0.4 is 5.32 Å². The van der Waals surface area contributed by atoms with Crippen molar-refractivity contribution in [1.29, 1.82) is 0 Å². The Morgan fingerprint density at radius 1 is 1.12 bits per heavy atom. The summed E-state index contributed by atoms with van der Waals surface area (Å²) in [6.07, 6.45) is 1.61. The number of rotatable bonds is 5. The molecule has 1 aromatic carbocycles. The van der Waals surface area contributed by atoms with Gasteiger partial charge in [-0.3, -0.25) is 19.6 Å². The van der Waals surface area contributed by atoms with Gasteiger partial charge >= 0.3 is 0 Å². The van der Waals surface area contributed by atoms with Crippen molar-refractivity contribution in [2.75, 3.05) is 38.0 Å². The summed E-state index contributed by atoms with van der Waals surface area (Å²) < 4.78 is 14.6.